The molecule has 1 unspecified atom stereocenters. The molecule has 1 heterocycles. The number of amides is 1. The van der Waals surface area contributed by atoms with E-state index in [9.17, 15) is 18.7 Å². The first kappa shape index (κ1) is 17.3. The molecule has 1 atom stereocenters. The molecular formula is C18H18F2N2O3. The Hall–Kier alpha value is -2.54. The number of aryl methyl sites for hydroxylation is 1. The van der Waals surface area contributed by atoms with E-state index in [1.165, 1.54) is 18.3 Å². The van der Waals surface area contributed by atoms with Crippen LogP contribution in [0.5, 0.6) is 5.88 Å². The Kier molecular flexibility index (Phi) is 4.94. The monoisotopic (exact) mass is 348 g/mol. The number of hydrogen-bond acceptors (Lipinski definition) is 4. The number of rotatable bonds is 6. The van der Waals surface area contributed by atoms with Crippen LogP contribution in [0.4, 0.5) is 8.78 Å². The van der Waals surface area contributed by atoms with Gasteiger partial charge in [-0.1, -0.05) is 24.3 Å². The highest BCUT2D eigenvalue weighted by Gasteiger charge is 2.36. The van der Waals surface area contributed by atoms with Crippen LogP contribution in [0.15, 0.2) is 42.6 Å². The Morgan fingerprint density at radius 1 is 1.36 bits per heavy atom. The van der Waals surface area contributed by atoms with Gasteiger partial charge in [-0.05, 0) is 30.0 Å². The number of fused-ring (bicyclic) bond motifs is 1. The zero-order valence-corrected chi connectivity index (χ0v) is 13.4. The average Bonchev–Trinajstić information content (AvgIpc) is 2.96. The van der Waals surface area contributed by atoms with Crippen molar-refractivity contribution in [3.05, 3.63) is 59.3 Å². The highest BCUT2D eigenvalue weighted by Crippen LogP contribution is 2.36. The Bertz CT molecular complexity index is 769. The molecule has 2 aromatic rings. The van der Waals surface area contributed by atoms with Crippen molar-refractivity contribution < 1.29 is 23.4 Å². The van der Waals surface area contributed by atoms with Gasteiger partial charge in [0.15, 0.2) is 6.61 Å². The van der Waals surface area contributed by atoms with Crippen LogP contribution in [0.25, 0.3) is 0 Å². The molecule has 1 aliphatic rings. The maximum Gasteiger partial charge on any atom is 0.272 e. The first-order valence-electron chi connectivity index (χ1n) is 7.94. The van der Waals surface area contributed by atoms with Gasteiger partial charge in [0.2, 0.25) is 5.88 Å². The fourth-order valence-electron chi connectivity index (χ4n) is 2.96. The van der Waals surface area contributed by atoms with E-state index in [0.29, 0.717) is 6.42 Å². The topological polar surface area (TPSA) is 71.5 Å². The van der Waals surface area contributed by atoms with E-state index in [2.05, 4.69) is 10.3 Å². The van der Waals surface area contributed by atoms with E-state index in [4.69, 9.17) is 4.74 Å². The second-order valence-corrected chi connectivity index (χ2v) is 5.96. The van der Waals surface area contributed by atoms with Crippen LogP contribution in [-0.4, -0.2) is 35.6 Å². The van der Waals surface area contributed by atoms with Crippen LogP contribution in [0.1, 0.15) is 27.9 Å². The number of pyridine rings is 1. The number of carbonyl (C=O) groups is 1. The first-order chi connectivity index (χ1) is 12.0. The summed E-state index contributed by atoms with van der Waals surface area (Å²) in [6, 6.07) is 10.3. The minimum absolute atomic E-state index is 0.0436. The van der Waals surface area contributed by atoms with Gasteiger partial charge in [-0.2, -0.15) is 0 Å². The molecule has 0 fully saturated rings. The molecule has 25 heavy (non-hydrogen) atoms. The summed E-state index contributed by atoms with van der Waals surface area (Å²) in [5.74, 6) is -0.472. The molecule has 2 N–H and O–H groups in total. The van der Waals surface area contributed by atoms with Crippen molar-refractivity contribution in [1.82, 2.24) is 10.3 Å². The van der Waals surface area contributed by atoms with Gasteiger partial charge in [-0.15, -0.1) is 0 Å². The smallest absolute Gasteiger partial charge is 0.272 e. The lowest BCUT2D eigenvalue weighted by Crippen LogP contribution is -2.39. The number of carbonyl (C=O) groups excluding carboxylic acids is 1. The molecule has 1 aliphatic carbocycles. The van der Waals surface area contributed by atoms with Crippen LogP contribution >= 0.6 is 0 Å². The number of aromatic nitrogens is 1. The van der Waals surface area contributed by atoms with Crippen molar-refractivity contribution in [2.75, 3.05) is 13.2 Å². The molecular weight excluding hydrogens is 330 g/mol. The zero-order valence-electron chi connectivity index (χ0n) is 13.4. The third-order valence-electron chi connectivity index (χ3n) is 4.22. The maximum absolute atomic E-state index is 12.3. The van der Waals surface area contributed by atoms with Crippen molar-refractivity contribution in [3.63, 3.8) is 0 Å². The van der Waals surface area contributed by atoms with Gasteiger partial charge in [0.1, 0.15) is 5.60 Å². The molecule has 5 nitrogen and oxygen atoms in total. The number of benzene rings is 1. The van der Waals surface area contributed by atoms with Gasteiger partial charge < -0.3 is 15.2 Å². The van der Waals surface area contributed by atoms with Gasteiger partial charge >= 0.3 is 0 Å². The van der Waals surface area contributed by atoms with Crippen molar-refractivity contribution in [2.24, 2.45) is 0 Å². The lowest BCUT2D eigenvalue weighted by molar-refractivity contribution is 0.0369. The second kappa shape index (κ2) is 7.14. The molecule has 3 rings (SSSR count). The molecule has 1 aromatic carbocycles. The third kappa shape index (κ3) is 3.93. The van der Waals surface area contributed by atoms with Crippen LogP contribution < -0.4 is 10.1 Å². The molecule has 0 radical (unpaired) electrons. The molecule has 0 spiro atoms. The molecule has 0 saturated heterocycles. The molecule has 0 saturated carbocycles. The Morgan fingerprint density at radius 2 is 2.16 bits per heavy atom. The van der Waals surface area contributed by atoms with Crippen LogP contribution in [0.2, 0.25) is 0 Å². The van der Waals surface area contributed by atoms with Gasteiger partial charge in [0, 0.05) is 17.8 Å². The molecule has 7 heteroatoms. The number of alkyl halides is 2. The summed E-state index contributed by atoms with van der Waals surface area (Å²) in [6.07, 6.45) is -0.0132. The van der Waals surface area contributed by atoms with Crippen molar-refractivity contribution >= 4 is 5.91 Å². The molecule has 1 aromatic heterocycles. The van der Waals surface area contributed by atoms with Crippen molar-refractivity contribution in [3.8, 4) is 5.88 Å². The van der Waals surface area contributed by atoms with Gasteiger partial charge in [-0.25, -0.2) is 13.8 Å². The van der Waals surface area contributed by atoms with Gasteiger partial charge in [0.25, 0.3) is 12.3 Å². The summed E-state index contributed by atoms with van der Waals surface area (Å²) >= 11 is 0. The minimum Gasteiger partial charge on any atom is -0.472 e. The van der Waals surface area contributed by atoms with Gasteiger partial charge in [-0.3, -0.25) is 4.79 Å². The fraction of sp³-hybridized carbons (Fsp3) is 0.333. The molecule has 0 aliphatic heterocycles. The van der Waals surface area contributed by atoms with E-state index in [-0.39, 0.29) is 18.0 Å². The summed E-state index contributed by atoms with van der Waals surface area (Å²) in [6.45, 7) is -0.715. The van der Waals surface area contributed by atoms with Crippen LogP contribution in [0.3, 0.4) is 0 Å². The van der Waals surface area contributed by atoms with Crippen molar-refractivity contribution in [1.29, 1.82) is 0 Å². The third-order valence-corrected chi connectivity index (χ3v) is 4.22. The minimum atomic E-state index is -2.61. The SMILES string of the molecule is O=C(NCC1(O)CCc2ccccc21)c1ccnc(OCC(F)F)c1. The predicted octanol–water partition coefficient (Wildman–Crippen LogP) is 2.29. The predicted molar refractivity (Wildman–Crippen MR) is 86.7 cm³/mol. The van der Waals surface area contributed by atoms with Crippen LogP contribution in [0, 0.1) is 0 Å². The van der Waals surface area contributed by atoms with Gasteiger partial charge in [0.05, 0.1) is 6.54 Å². The Labute approximate surface area is 143 Å². The Morgan fingerprint density at radius 3 is 2.96 bits per heavy atom. The quantitative estimate of drug-likeness (QED) is 0.840. The van der Waals surface area contributed by atoms with Crippen LogP contribution in [-0.2, 0) is 12.0 Å². The Balaban J connectivity index is 1.64. The maximum atomic E-state index is 12.3. The zero-order chi connectivity index (χ0) is 17.9. The lowest BCUT2D eigenvalue weighted by atomic mass is 9.96. The molecule has 0 bridgehead atoms. The molecule has 1 amide bonds. The van der Waals surface area contributed by atoms with E-state index < -0.39 is 24.5 Å². The first-order valence-corrected chi connectivity index (χ1v) is 7.94. The highest BCUT2D eigenvalue weighted by molar-refractivity contribution is 5.94. The number of nitrogens with zero attached hydrogens (tertiary/aromatic N) is 1. The number of ether oxygens (including phenoxy) is 1. The van der Waals surface area contributed by atoms with E-state index >= 15 is 0 Å². The number of halogens is 2. The molecule has 132 valence electrons. The van der Waals surface area contributed by atoms with E-state index in [1.807, 2.05) is 24.3 Å². The largest absolute Gasteiger partial charge is 0.472 e. The second-order valence-electron chi connectivity index (χ2n) is 5.96. The summed E-state index contributed by atoms with van der Waals surface area (Å²) in [4.78, 5) is 16.1. The standard InChI is InChI=1S/C18H18F2N2O3/c19-15(20)10-25-16-9-13(6-8-21-16)17(23)22-11-18(24)7-5-12-3-1-2-4-14(12)18/h1-4,6,8-9,15,24H,5,7,10-11H2,(H,22,23). The lowest BCUT2D eigenvalue weighted by Gasteiger charge is -2.24. The average molecular weight is 348 g/mol. The highest BCUT2D eigenvalue weighted by atomic mass is 19.3. The number of aliphatic hydroxyl groups is 1. The van der Waals surface area contributed by atoms with E-state index in [1.54, 1.807) is 0 Å². The summed E-state index contributed by atoms with van der Waals surface area (Å²) in [5.41, 5.74) is 1.03. The normalized spacial score (nSPS) is 18.9. The number of nitrogens with one attached hydrogen (secondary N) is 1. The summed E-state index contributed by atoms with van der Waals surface area (Å²) < 4.78 is 29.2. The summed E-state index contributed by atoms with van der Waals surface area (Å²) in [7, 11) is 0. The van der Waals surface area contributed by atoms with Crippen molar-refractivity contribution in [2.45, 2.75) is 24.9 Å². The van der Waals surface area contributed by atoms with E-state index in [0.717, 1.165) is 17.5 Å². The number of hydrogen-bond donors (Lipinski definition) is 2. The fourth-order valence-corrected chi connectivity index (χ4v) is 2.96. The summed E-state index contributed by atoms with van der Waals surface area (Å²) in [5, 5.41) is 13.5.